The molecule has 0 aliphatic rings. The van der Waals surface area contributed by atoms with E-state index in [-0.39, 0.29) is 5.97 Å². The van der Waals surface area contributed by atoms with Gasteiger partial charge in [-0.15, -0.1) is 0 Å². The molecule has 2 nitrogen and oxygen atoms in total. The van der Waals surface area contributed by atoms with Crippen molar-refractivity contribution in [2.45, 2.75) is 52.4 Å². The lowest BCUT2D eigenvalue weighted by Gasteiger charge is -2.18. The molecule has 0 saturated carbocycles. The van der Waals surface area contributed by atoms with Crippen molar-refractivity contribution in [3.63, 3.8) is 0 Å². The van der Waals surface area contributed by atoms with Crippen molar-refractivity contribution in [1.29, 1.82) is 0 Å². The van der Waals surface area contributed by atoms with Gasteiger partial charge >= 0.3 is 5.97 Å². The Labute approximate surface area is 107 Å². The molecule has 0 heterocycles. The van der Waals surface area contributed by atoms with Crippen LogP contribution < -0.4 is 0 Å². The Hall–Kier alpha value is -0.833. The van der Waals surface area contributed by atoms with Crippen molar-refractivity contribution in [2.75, 3.05) is 7.11 Å². The Morgan fingerprint density at radius 3 is 2.24 bits per heavy atom. The summed E-state index contributed by atoms with van der Waals surface area (Å²) in [5, 5.41) is 0. The van der Waals surface area contributed by atoms with E-state index in [1.54, 1.807) is 6.08 Å². The highest BCUT2D eigenvalue weighted by atomic mass is 28.3. The van der Waals surface area contributed by atoms with Gasteiger partial charge in [0.15, 0.2) is 0 Å². The number of methoxy groups -OCH3 is 1. The molecule has 0 radical (unpaired) electrons. The van der Waals surface area contributed by atoms with Crippen molar-refractivity contribution < 1.29 is 9.53 Å². The first-order valence-corrected chi connectivity index (χ1v) is 9.86. The SMILES string of the molecule is COC(=O)/C=C(/CCC=C(C)C)C[Si](C)(C)C. The maximum absolute atomic E-state index is 11.3. The van der Waals surface area contributed by atoms with E-state index in [9.17, 15) is 4.79 Å². The Morgan fingerprint density at radius 2 is 1.82 bits per heavy atom. The van der Waals surface area contributed by atoms with E-state index < -0.39 is 8.07 Å². The van der Waals surface area contributed by atoms with Gasteiger partial charge in [-0.2, -0.15) is 0 Å². The third-order valence-corrected chi connectivity index (χ3v) is 3.81. The van der Waals surface area contributed by atoms with Crippen molar-refractivity contribution in [3.05, 3.63) is 23.3 Å². The number of hydrogen-bond donors (Lipinski definition) is 0. The molecule has 0 aromatic carbocycles. The highest BCUT2D eigenvalue weighted by Gasteiger charge is 2.16. The van der Waals surface area contributed by atoms with Crippen LogP contribution in [0.5, 0.6) is 0 Å². The zero-order valence-corrected chi connectivity index (χ0v) is 13.1. The molecule has 0 aliphatic heterocycles. The molecule has 0 spiro atoms. The van der Waals surface area contributed by atoms with Crippen molar-refractivity contribution in [1.82, 2.24) is 0 Å². The molecule has 0 rings (SSSR count). The van der Waals surface area contributed by atoms with Gasteiger partial charge in [-0.05, 0) is 32.7 Å². The molecule has 0 aliphatic carbocycles. The number of ether oxygens (including phenoxy) is 1. The fourth-order valence-electron chi connectivity index (χ4n) is 1.66. The highest BCUT2D eigenvalue weighted by Crippen LogP contribution is 2.21. The first-order valence-electron chi connectivity index (χ1n) is 6.15. The number of allylic oxidation sites excluding steroid dienone is 3. The topological polar surface area (TPSA) is 26.3 Å². The minimum absolute atomic E-state index is 0.226. The van der Waals surface area contributed by atoms with Crippen LogP contribution in [0.3, 0.4) is 0 Å². The van der Waals surface area contributed by atoms with Crippen LogP contribution in [-0.4, -0.2) is 21.2 Å². The summed E-state index contributed by atoms with van der Waals surface area (Å²) in [6.45, 7) is 11.2. The minimum atomic E-state index is -1.17. The molecule has 0 aromatic heterocycles. The van der Waals surface area contributed by atoms with Gasteiger partial charge in [-0.1, -0.05) is 36.9 Å². The van der Waals surface area contributed by atoms with Gasteiger partial charge in [-0.25, -0.2) is 4.79 Å². The van der Waals surface area contributed by atoms with Crippen molar-refractivity contribution in [2.24, 2.45) is 0 Å². The number of esters is 1. The van der Waals surface area contributed by atoms with E-state index in [1.165, 1.54) is 18.3 Å². The van der Waals surface area contributed by atoms with E-state index in [4.69, 9.17) is 4.74 Å². The highest BCUT2D eigenvalue weighted by molar-refractivity contribution is 6.76. The van der Waals surface area contributed by atoms with Gasteiger partial charge in [0.25, 0.3) is 0 Å². The van der Waals surface area contributed by atoms with Crippen LogP contribution >= 0.6 is 0 Å². The second-order valence-electron chi connectivity index (χ2n) is 5.88. The number of carbonyl (C=O) groups excluding carboxylic acids is 1. The molecule has 0 unspecified atom stereocenters. The summed E-state index contributed by atoms with van der Waals surface area (Å²) < 4.78 is 4.71. The summed E-state index contributed by atoms with van der Waals surface area (Å²) in [5.74, 6) is -0.226. The zero-order chi connectivity index (χ0) is 13.5. The smallest absolute Gasteiger partial charge is 0.330 e. The number of carbonyl (C=O) groups is 1. The number of hydrogen-bond acceptors (Lipinski definition) is 2. The molecule has 3 heteroatoms. The lowest BCUT2D eigenvalue weighted by Crippen LogP contribution is -2.20. The van der Waals surface area contributed by atoms with E-state index >= 15 is 0 Å². The molecule has 0 bridgehead atoms. The lowest BCUT2D eigenvalue weighted by molar-refractivity contribution is -0.134. The van der Waals surface area contributed by atoms with E-state index in [0.717, 1.165) is 18.9 Å². The third-order valence-electron chi connectivity index (χ3n) is 2.30. The molecule has 0 N–H and O–H groups in total. The first kappa shape index (κ1) is 16.2. The van der Waals surface area contributed by atoms with Crippen LogP contribution in [0.1, 0.15) is 26.7 Å². The average Bonchev–Trinajstić information content (AvgIpc) is 2.14. The van der Waals surface area contributed by atoms with Gasteiger partial charge in [0.1, 0.15) is 0 Å². The quantitative estimate of drug-likeness (QED) is 0.308. The Kier molecular flexibility index (Phi) is 7.12. The second-order valence-corrected chi connectivity index (χ2v) is 11.4. The molecule has 98 valence electrons. The van der Waals surface area contributed by atoms with E-state index in [1.807, 2.05) is 0 Å². The normalized spacial score (nSPS) is 12.2. The van der Waals surface area contributed by atoms with Crippen LogP contribution in [0, 0.1) is 0 Å². The van der Waals surface area contributed by atoms with Crippen LogP contribution in [-0.2, 0) is 9.53 Å². The molecule has 0 atom stereocenters. The predicted molar refractivity (Wildman–Crippen MR) is 76.9 cm³/mol. The maximum Gasteiger partial charge on any atom is 0.330 e. The minimum Gasteiger partial charge on any atom is -0.466 e. The maximum atomic E-state index is 11.3. The van der Waals surface area contributed by atoms with Gasteiger partial charge in [0, 0.05) is 14.1 Å². The summed E-state index contributed by atoms with van der Waals surface area (Å²) in [6, 6.07) is 1.07. The Balaban J connectivity index is 4.57. The fourth-order valence-corrected chi connectivity index (χ4v) is 3.31. The summed E-state index contributed by atoms with van der Waals surface area (Å²) in [6.07, 6.45) is 5.87. The van der Waals surface area contributed by atoms with Gasteiger partial charge < -0.3 is 4.74 Å². The molecule has 17 heavy (non-hydrogen) atoms. The van der Waals surface area contributed by atoms with Crippen LogP contribution in [0.25, 0.3) is 0 Å². The summed E-state index contributed by atoms with van der Waals surface area (Å²) in [7, 11) is 0.258. The van der Waals surface area contributed by atoms with E-state index in [2.05, 4.69) is 39.6 Å². The van der Waals surface area contributed by atoms with Crippen LogP contribution in [0.15, 0.2) is 23.3 Å². The predicted octanol–water partition coefficient (Wildman–Crippen LogP) is 4.17. The van der Waals surface area contributed by atoms with Gasteiger partial charge in [0.2, 0.25) is 0 Å². The molecule has 0 amide bonds. The molecule has 0 fully saturated rings. The van der Waals surface area contributed by atoms with Crippen molar-refractivity contribution >= 4 is 14.0 Å². The Bertz CT molecular complexity index is 305. The zero-order valence-electron chi connectivity index (χ0n) is 12.1. The van der Waals surface area contributed by atoms with Crippen LogP contribution in [0.2, 0.25) is 25.7 Å². The lowest BCUT2D eigenvalue weighted by atomic mass is 10.1. The van der Waals surface area contributed by atoms with Crippen LogP contribution in [0.4, 0.5) is 0 Å². The second kappa shape index (κ2) is 7.48. The average molecular weight is 254 g/mol. The van der Waals surface area contributed by atoms with E-state index in [0.29, 0.717) is 0 Å². The molecular weight excluding hydrogens is 228 g/mol. The summed E-state index contributed by atoms with van der Waals surface area (Å²) in [4.78, 5) is 11.3. The molecular formula is C14H26O2Si. The summed E-state index contributed by atoms with van der Waals surface area (Å²) >= 11 is 0. The fraction of sp³-hybridized carbons (Fsp3) is 0.643. The van der Waals surface area contributed by atoms with Gasteiger partial charge in [0.05, 0.1) is 7.11 Å². The first-order chi connectivity index (χ1) is 7.74. The number of rotatable bonds is 6. The Morgan fingerprint density at radius 1 is 1.24 bits per heavy atom. The monoisotopic (exact) mass is 254 g/mol. The molecule has 0 aromatic rings. The van der Waals surface area contributed by atoms with Crippen molar-refractivity contribution in [3.8, 4) is 0 Å². The van der Waals surface area contributed by atoms with Gasteiger partial charge in [-0.3, -0.25) is 0 Å². The largest absolute Gasteiger partial charge is 0.466 e. The third kappa shape index (κ3) is 10.1. The standard InChI is InChI=1S/C14H26O2Si/c1-12(2)8-7-9-13(10-14(15)16-3)11-17(4,5)6/h8,10H,7,9,11H2,1-6H3/b13-10-. The summed E-state index contributed by atoms with van der Waals surface area (Å²) in [5.41, 5.74) is 2.56. The molecule has 0 saturated heterocycles.